The van der Waals surface area contributed by atoms with Crippen LogP contribution in [-0.4, -0.2) is 60.9 Å². The Kier molecular flexibility index (Phi) is 6.25. The average Bonchev–Trinajstić information content (AvgIpc) is 2.82. The van der Waals surface area contributed by atoms with Crippen LogP contribution in [0, 0.1) is 5.92 Å². The van der Waals surface area contributed by atoms with Crippen LogP contribution >= 0.6 is 11.6 Å². The van der Waals surface area contributed by atoms with Gasteiger partial charge in [-0.25, -0.2) is 0 Å². The Morgan fingerprint density at radius 1 is 0.970 bits per heavy atom. The molecule has 0 aromatic heterocycles. The number of nitrogens with zero attached hydrogens (tertiary/aromatic N) is 2. The first kappa shape index (κ1) is 22.8. The topological polar surface area (TPSA) is 77.9 Å². The van der Waals surface area contributed by atoms with E-state index >= 15 is 0 Å². The number of halogens is 1. The van der Waals surface area contributed by atoms with Gasteiger partial charge in [0.2, 0.25) is 0 Å². The van der Waals surface area contributed by atoms with E-state index in [1.54, 1.807) is 0 Å². The van der Waals surface area contributed by atoms with Crippen molar-refractivity contribution in [2.75, 3.05) is 26.2 Å². The minimum absolute atomic E-state index is 0.151. The monoisotopic (exact) mass is 488 g/mol. The zero-order valence-electron chi connectivity index (χ0n) is 18.5. The summed E-state index contributed by atoms with van der Waals surface area (Å²) < 4.78 is 29.4. The van der Waals surface area contributed by atoms with E-state index < -0.39 is 10.1 Å². The number of carbonyl (C=O) groups excluding carboxylic acids is 1. The number of rotatable bonds is 2. The third-order valence-electron chi connectivity index (χ3n) is 7.65. The molecule has 7 rings (SSSR count). The Hall–Kier alpha value is -1.93. The number of aryl methyl sites for hydroxylation is 1. The van der Waals surface area contributed by atoms with E-state index in [2.05, 4.69) is 28.0 Å². The van der Waals surface area contributed by atoms with E-state index in [1.807, 2.05) is 0 Å². The molecule has 176 valence electrons. The summed E-state index contributed by atoms with van der Waals surface area (Å²) in [4.78, 5) is 17.8. The van der Waals surface area contributed by atoms with Gasteiger partial charge in [0.05, 0.1) is 4.90 Å². The van der Waals surface area contributed by atoms with Crippen molar-refractivity contribution in [3.63, 3.8) is 0 Å². The molecule has 0 radical (unpaired) electrons. The molecule has 0 spiro atoms. The molecule has 1 N–H and O–H groups in total. The molecule has 3 saturated heterocycles. The van der Waals surface area contributed by atoms with E-state index in [9.17, 15) is 13.2 Å². The quantitative estimate of drug-likeness (QED) is 0.639. The molecule has 5 aliphatic rings. The van der Waals surface area contributed by atoms with Gasteiger partial charge < -0.3 is 9.80 Å². The van der Waals surface area contributed by atoms with Crippen molar-refractivity contribution in [3.8, 4) is 0 Å². The van der Waals surface area contributed by atoms with Crippen LogP contribution in [-0.2, 0) is 16.5 Å². The van der Waals surface area contributed by atoms with Gasteiger partial charge in [-0.05, 0) is 92.6 Å². The second-order valence-electron chi connectivity index (χ2n) is 9.56. The molecular formula is C25H29ClN2O4S. The minimum atomic E-state index is -4.08. The van der Waals surface area contributed by atoms with Crippen LogP contribution in [0.5, 0.6) is 0 Å². The third-order valence-corrected chi connectivity index (χ3v) is 8.77. The molecule has 8 heteroatoms. The summed E-state index contributed by atoms with van der Waals surface area (Å²) in [5, 5.41) is 0.428. The van der Waals surface area contributed by atoms with E-state index in [1.165, 1.54) is 74.2 Å². The lowest BCUT2D eigenvalue weighted by Crippen LogP contribution is -2.60. The summed E-state index contributed by atoms with van der Waals surface area (Å²) in [7, 11) is -4.08. The van der Waals surface area contributed by atoms with Crippen LogP contribution < -0.4 is 0 Å². The number of hydrogen-bond acceptors (Lipinski definition) is 4. The van der Waals surface area contributed by atoms with Gasteiger partial charge in [0.15, 0.2) is 0 Å². The summed E-state index contributed by atoms with van der Waals surface area (Å²) in [5.74, 6) is 1.64. The number of hydrogen-bond donors (Lipinski definition) is 1. The fraction of sp³-hybridized carbons (Fsp3) is 0.480. The van der Waals surface area contributed by atoms with Crippen LogP contribution in [0.15, 0.2) is 47.4 Å². The number of carbonyl (C=O) groups is 1. The van der Waals surface area contributed by atoms with Gasteiger partial charge in [0.1, 0.15) is 0 Å². The number of fused-ring (bicyclic) bond motifs is 3. The molecule has 4 heterocycles. The highest BCUT2D eigenvalue weighted by Crippen LogP contribution is 2.41. The average molecular weight is 489 g/mol. The molecule has 2 atom stereocenters. The molecule has 0 saturated carbocycles. The molecular weight excluding hydrogens is 460 g/mol. The smallest absolute Gasteiger partial charge is 0.294 e. The molecule has 2 bridgehead atoms. The van der Waals surface area contributed by atoms with Crippen molar-refractivity contribution < 1.29 is 17.8 Å². The first-order valence-corrected chi connectivity index (χ1v) is 13.5. The summed E-state index contributed by atoms with van der Waals surface area (Å²) >= 11 is 5.49. The molecule has 1 amide bonds. The van der Waals surface area contributed by atoms with Crippen molar-refractivity contribution in [1.29, 1.82) is 0 Å². The first-order valence-electron chi connectivity index (χ1n) is 11.7. The Morgan fingerprint density at radius 3 is 2.33 bits per heavy atom. The maximum Gasteiger partial charge on any atom is 0.294 e. The molecule has 2 aromatic rings. The highest BCUT2D eigenvalue weighted by Gasteiger charge is 2.43. The zero-order valence-corrected chi connectivity index (χ0v) is 20.1. The summed E-state index contributed by atoms with van der Waals surface area (Å²) in [6.45, 7) is 4.57. The van der Waals surface area contributed by atoms with Crippen LogP contribution in [0.25, 0.3) is 0 Å². The van der Waals surface area contributed by atoms with Crippen LogP contribution in [0.4, 0.5) is 0 Å². The molecule has 6 nitrogen and oxygen atoms in total. The van der Waals surface area contributed by atoms with Crippen LogP contribution in [0.2, 0.25) is 5.02 Å². The predicted octanol–water partition coefficient (Wildman–Crippen LogP) is 4.24. The van der Waals surface area contributed by atoms with Gasteiger partial charge in [-0.1, -0.05) is 23.7 Å². The molecule has 4 aliphatic heterocycles. The van der Waals surface area contributed by atoms with Crippen LogP contribution in [0.3, 0.4) is 0 Å². The van der Waals surface area contributed by atoms with Crippen molar-refractivity contribution >= 4 is 27.6 Å². The molecule has 33 heavy (non-hydrogen) atoms. The van der Waals surface area contributed by atoms with E-state index in [-0.39, 0.29) is 4.90 Å². The van der Waals surface area contributed by atoms with Gasteiger partial charge in [-0.15, -0.1) is 0 Å². The van der Waals surface area contributed by atoms with Crippen molar-refractivity contribution in [1.82, 2.24) is 9.80 Å². The second-order valence-corrected chi connectivity index (χ2v) is 11.4. The summed E-state index contributed by atoms with van der Waals surface area (Å²) in [6, 6.07) is 12.1. The maximum atomic E-state index is 13.1. The number of piperidine rings is 3. The highest BCUT2D eigenvalue weighted by molar-refractivity contribution is 7.85. The predicted molar refractivity (Wildman–Crippen MR) is 127 cm³/mol. The van der Waals surface area contributed by atoms with E-state index in [0.29, 0.717) is 22.9 Å². The van der Waals surface area contributed by atoms with E-state index in [0.717, 1.165) is 31.0 Å². The van der Waals surface area contributed by atoms with Crippen molar-refractivity contribution in [2.24, 2.45) is 5.92 Å². The number of amides is 1. The van der Waals surface area contributed by atoms with Gasteiger partial charge in [0.25, 0.3) is 16.0 Å². The van der Waals surface area contributed by atoms with Gasteiger partial charge in [-0.3, -0.25) is 9.35 Å². The Balaban J connectivity index is 0.000000177. The standard InChI is InChI=1S/C19H24N2O.C6H5ClO3S/c22-19-16-6-2-4-14-3-1-5-15(18(14)16)11-21(19)17-12-20-9-7-13(17)8-10-20;7-5-1-3-6(4-2-5)11(8,9)10/h2,4,6,13,15,17H,1,3,5,7-12H2;1-4H,(H,8,9,10)/t15-,17-;/m1./s1. The molecule has 2 aromatic carbocycles. The lowest BCUT2D eigenvalue weighted by molar-refractivity contribution is 0.00258. The lowest BCUT2D eigenvalue weighted by Gasteiger charge is -2.51. The summed E-state index contributed by atoms with van der Waals surface area (Å²) in [5.41, 5.74) is 3.86. The Morgan fingerprint density at radius 2 is 1.70 bits per heavy atom. The highest BCUT2D eigenvalue weighted by atomic mass is 35.5. The fourth-order valence-corrected chi connectivity index (χ4v) is 6.63. The molecule has 0 unspecified atom stereocenters. The maximum absolute atomic E-state index is 13.1. The van der Waals surface area contributed by atoms with Gasteiger partial charge in [-0.2, -0.15) is 8.42 Å². The largest absolute Gasteiger partial charge is 0.333 e. The first-order chi connectivity index (χ1) is 15.8. The second kappa shape index (κ2) is 9.02. The number of benzene rings is 2. The van der Waals surface area contributed by atoms with Gasteiger partial charge in [0, 0.05) is 35.6 Å². The molecule has 3 fully saturated rings. The normalized spacial score (nSPS) is 28.1. The zero-order chi connectivity index (χ0) is 23.2. The van der Waals surface area contributed by atoms with Crippen molar-refractivity contribution in [3.05, 3.63) is 64.2 Å². The fourth-order valence-electron chi connectivity index (χ4n) is 6.02. The minimum Gasteiger partial charge on any atom is -0.333 e. The van der Waals surface area contributed by atoms with Crippen LogP contribution in [0.1, 0.15) is 53.1 Å². The SMILES string of the molecule is O=C1c2cccc3c2[C@H](CCC3)CN1[C@@H]1CN2CCC1CC2.O=S(=O)(O)c1ccc(Cl)cc1. The Labute approximate surface area is 200 Å². The summed E-state index contributed by atoms with van der Waals surface area (Å²) in [6.07, 6.45) is 6.27. The van der Waals surface area contributed by atoms with Crippen molar-refractivity contribution in [2.45, 2.75) is 49.0 Å². The lowest BCUT2D eigenvalue weighted by atomic mass is 9.75. The third kappa shape index (κ3) is 4.56. The van der Waals surface area contributed by atoms with Gasteiger partial charge >= 0.3 is 0 Å². The van der Waals surface area contributed by atoms with E-state index in [4.69, 9.17) is 16.2 Å². The molecule has 1 aliphatic carbocycles. The Bertz CT molecular complexity index is 1140.